The summed E-state index contributed by atoms with van der Waals surface area (Å²) in [6.45, 7) is 4.12. The molecular formula is C26H24N4O3S. The molecule has 3 heterocycles. The number of hydrogen-bond donors (Lipinski definition) is 1. The average Bonchev–Trinajstić information content (AvgIpc) is 3.46. The second-order valence-corrected chi connectivity index (χ2v) is 8.94. The van der Waals surface area contributed by atoms with Gasteiger partial charge in [0.25, 0.3) is 11.4 Å². The van der Waals surface area contributed by atoms with Crippen LogP contribution in [0.4, 0.5) is 5.69 Å². The lowest BCUT2D eigenvalue weighted by Gasteiger charge is -2.19. The van der Waals surface area contributed by atoms with Crippen molar-refractivity contribution >= 4 is 22.8 Å². The van der Waals surface area contributed by atoms with Gasteiger partial charge in [-0.25, -0.2) is 0 Å². The predicted octanol–water partition coefficient (Wildman–Crippen LogP) is 4.41. The van der Waals surface area contributed by atoms with Crippen LogP contribution < -0.4 is 16.0 Å². The fourth-order valence-corrected chi connectivity index (χ4v) is 4.87. The largest absolute Gasteiger partial charge is 0.494 e. The van der Waals surface area contributed by atoms with Crippen LogP contribution in [0.3, 0.4) is 0 Å². The zero-order valence-electron chi connectivity index (χ0n) is 19.2. The van der Waals surface area contributed by atoms with E-state index < -0.39 is 6.04 Å². The number of aryl methyl sites for hydroxylation is 1. The number of nitrogen functional groups attached to an aromatic ring is 1. The molecule has 0 bridgehead atoms. The summed E-state index contributed by atoms with van der Waals surface area (Å²) in [6.07, 6.45) is 0.849. The Hall–Kier alpha value is -3.78. The summed E-state index contributed by atoms with van der Waals surface area (Å²) in [7, 11) is 1.57. The van der Waals surface area contributed by atoms with Gasteiger partial charge in [-0.15, -0.1) is 0 Å². The molecule has 0 amide bonds. The minimum absolute atomic E-state index is 0.138. The summed E-state index contributed by atoms with van der Waals surface area (Å²) < 4.78 is 12.9. The fourth-order valence-electron chi connectivity index (χ4n) is 4.52. The van der Waals surface area contributed by atoms with E-state index in [2.05, 4.69) is 30.1 Å². The molecule has 7 nitrogen and oxygen atoms in total. The standard InChI is InChI=1S/C26H24N4O3S/c1-14-8-7-11-17(15(14)2)12-18-21(27)26(31)30-19(13-20(34)22(30)23(18)32-3)25-28-24(29-33-25)16-9-5-4-6-10-16/h4-11,19H,12-13,27H2,1-3H3/t19-/m1/s1. The maximum Gasteiger partial charge on any atom is 0.275 e. The molecule has 0 aliphatic carbocycles. The number of nitrogens with two attached hydrogens (primary N) is 1. The molecule has 0 saturated carbocycles. The van der Waals surface area contributed by atoms with Crippen LogP contribution >= 0.6 is 12.2 Å². The van der Waals surface area contributed by atoms with Gasteiger partial charge < -0.3 is 15.0 Å². The average molecular weight is 473 g/mol. The highest BCUT2D eigenvalue weighted by Gasteiger charge is 2.37. The summed E-state index contributed by atoms with van der Waals surface area (Å²) in [5.74, 6) is 1.29. The number of rotatable bonds is 5. The van der Waals surface area contributed by atoms with Gasteiger partial charge in [-0.05, 0) is 30.5 Å². The van der Waals surface area contributed by atoms with Crippen LogP contribution in [0.2, 0.25) is 0 Å². The first-order valence-corrected chi connectivity index (χ1v) is 11.4. The van der Waals surface area contributed by atoms with E-state index in [9.17, 15) is 4.79 Å². The molecular weight excluding hydrogens is 448 g/mol. The number of aromatic nitrogens is 3. The Morgan fingerprint density at radius 3 is 2.68 bits per heavy atom. The Bertz CT molecular complexity index is 1470. The molecule has 0 saturated heterocycles. The van der Waals surface area contributed by atoms with Crippen LogP contribution in [-0.4, -0.2) is 26.7 Å². The van der Waals surface area contributed by atoms with Crippen molar-refractivity contribution in [2.75, 3.05) is 12.8 Å². The van der Waals surface area contributed by atoms with Crippen LogP contribution in [0.15, 0.2) is 57.8 Å². The third-order valence-electron chi connectivity index (χ3n) is 6.51. The number of thiocarbonyl (C=S) groups is 1. The van der Waals surface area contributed by atoms with E-state index in [1.165, 1.54) is 5.56 Å². The Morgan fingerprint density at radius 1 is 1.18 bits per heavy atom. The van der Waals surface area contributed by atoms with Crippen LogP contribution in [0.5, 0.6) is 5.75 Å². The molecule has 172 valence electrons. The summed E-state index contributed by atoms with van der Waals surface area (Å²) in [5, 5.41) is 4.11. The topological polar surface area (TPSA) is 96.2 Å². The van der Waals surface area contributed by atoms with Crippen molar-refractivity contribution in [2.45, 2.75) is 32.7 Å². The number of pyridine rings is 1. The van der Waals surface area contributed by atoms with Gasteiger partial charge in [-0.1, -0.05) is 65.9 Å². The molecule has 4 aromatic rings. The van der Waals surface area contributed by atoms with Gasteiger partial charge in [0.15, 0.2) is 0 Å². The van der Waals surface area contributed by atoms with Crippen molar-refractivity contribution in [2.24, 2.45) is 0 Å². The van der Waals surface area contributed by atoms with Gasteiger partial charge in [0, 0.05) is 28.8 Å². The van der Waals surface area contributed by atoms with Crippen LogP contribution in [0.25, 0.3) is 11.4 Å². The lowest BCUT2D eigenvalue weighted by atomic mass is 9.96. The molecule has 0 fully saturated rings. The second-order valence-electron chi connectivity index (χ2n) is 8.45. The Kier molecular flexibility index (Phi) is 5.53. The van der Waals surface area contributed by atoms with Crippen molar-refractivity contribution in [3.63, 3.8) is 0 Å². The lowest BCUT2D eigenvalue weighted by molar-refractivity contribution is 0.339. The molecule has 0 radical (unpaired) electrons. The summed E-state index contributed by atoms with van der Waals surface area (Å²) >= 11 is 5.71. The highest BCUT2D eigenvalue weighted by Crippen LogP contribution is 2.39. The molecule has 2 aromatic carbocycles. The third-order valence-corrected chi connectivity index (χ3v) is 6.87. The number of benzene rings is 2. The van der Waals surface area contributed by atoms with Crippen molar-refractivity contribution in [3.05, 3.63) is 92.7 Å². The Labute approximate surface area is 202 Å². The minimum Gasteiger partial charge on any atom is -0.494 e. The minimum atomic E-state index is -0.536. The van der Waals surface area contributed by atoms with Crippen LogP contribution in [-0.2, 0) is 6.42 Å². The first-order chi connectivity index (χ1) is 16.4. The van der Waals surface area contributed by atoms with E-state index in [1.807, 2.05) is 42.5 Å². The SMILES string of the molecule is COc1c(Cc2cccc(C)c2C)c(N)c(=O)n2c1C(=S)C[C@@H]2c1nc(-c2ccccc2)no1. The zero-order chi connectivity index (χ0) is 24.0. The first-order valence-electron chi connectivity index (χ1n) is 11.0. The quantitative estimate of drug-likeness (QED) is 0.430. The molecule has 1 aliphatic rings. The van der Waals surface area contributed by atoms with Gasteiger partial charge in [-0.3, -0.25) is 9.36 Å². The van der Waals surface area contributed by atoms with Gasteiger partial charge in [0.2, 0.25) is 5.82 Å². The van der Waals surface area contributed by atoms with E-state index in [-0.39, 0.29) is 11.2 Å². The lowest BCUT2D eigenvalue weighted by Crippen LogP contribution is -2.28. The number of methoxy groups -OCH3 is 1. The Morgan fingerprint density at radius 2 is 1.94 bits per heavy atom. The van der Waals surface area contributed by atoms with Crippen molar-refractivity contribution < 1.29 is 9.26 Å². The molecule has 2 aromatic heterocycles. The second kappa shape index (κ2) is 8.53. The predicted molar refractivity (Wildman–Crippen MR) is 135 cm³/mol. The normalized spacial score (nSPS) is 14.9. The zero-order valence-corrected chi connectivity index (χ0v) is 20.0. The third kappa shape index (κ3) is 3.51. The van der Waals surface area contributed by atoms with Crippen LogP contribution in [0, 0.1) is 13.8 Å². The number of fused-ring (bicyclic) bond motifs is 1. The summed E-state index contributed by atoms with van der Waals surface area (Å²) in [4.78, 5) is 18.7. The van der Waals surface area contributed by atoms with E-state index in [0.29, 0.717) is 46.4 Å². The van der Waals surface area contributed by atoms with Crippen molar-refractivity contribution in [3.8, 4) is 17.1 Å². The fraction of sp³-hybridized carbons (Fsp3) is 0.231. The molecule has 2 N–H and O–H groups in total. The van der Waals surface area contributed by atoms with Crippen molar-refractivity contribution in [1.82, 2.24) is 14.7 Å². The molecule has 1 atom stereocenters. The van der Waals surface area contributed by atoms with E-state index in [4.69, 9.17) is 27.2 Å². The van der Waals surface area contributed by atoms with Gasteiger partial charge in [0.05, 0.1) is 7.11 Å². The molecule has 1 aliphatic heterocycles. The highest BCUT2D eigenvalue weighted by atomic mass is 32.1. The van der Waals surface area contributed by atoms with E-state index >= 15 is 0 Å². The smallest absolute Gasteiger partial charge is 0.275 e. The summed E-state index contributed by atoms with van der Waals surface area (Å²) in [5.41, 5.74) is 11.7. The molecule has 0 unspecified atom stereocenters. The highest BCUT2D eigenvalue weighted by molar-refractivity contribution is 7.80. The number of nitrogens with zero attached hydrogens (tertiary/aromatic N) is 3. The Balaban J connectivity index is 1.62. The monoisotopic (exact) mass is 472 g/mol. The molecule has 34 heavy (non-hydrogen) atoms. The maximum absolute atomic E-state index is 13.5. The molecule has 8 heteroatoms. The number of anilines is 1. The van der Waals surface area contributed by atoms with E-state index in [1.54, 1.807) is 11.7 Å². The first kappa shape index (κ1) is 22.0. The molecule has 0 spiro atoms. The van der Waals surface area contributed by atoms with Crippen LogP contribution in [0.1, 0.15) is 46.3 Å². The maximum atomic E-state index is 13.5. The summed E-state index contributed by atoms with van der Waals surface area (Å²) in [6, 6.07) is 15.1. The van der Waals surface area contributed by atoms with E-state index in [0.717, 1.165) is 16.7 Å². The molecule has 5 rings (SSSR count). The van der Waals surface area contributed by atoms with Gasteiger partial charge in [-0.2, -0.15) is 4.98 Å². The van der Waals surface area contributed by atoms with Crippen molar-refractivity contribution in [1.29, 1.82) is 0 Å². The number of hydrogen-bond acceptors (Lipinski definition) is 7. The van der Waals surface area contributed by atoms with Gasteiger partial charge in [0.1, 0.15) is 23.2 Å². The van der Waals surface area contributed by atoms with Gasteiger partial charge >= 0.3 is 0 Å². The number of ether oxygens (including phenoxy) is 1.